The predicted molar refractivity (Wildman–Crippen MR) is 69.1 cm³/mol. The van der Waals surface area contributed by atoms with Crippen LogP contribution in [0.5, 0.6) is 5.75 Å². The average molecular weight is 240 g/mol. The van der Waals surface area contributed by atoms with Crippen LogP contribution >= 0.6 is 11.8 Å². The zero-order chi connectivity index (χ0) is 12.2. The maximum absolute atomic E-state index is 9.58. The monoisotopic (exact) mass is 240 g/mol. The Kier molecular flexibility index (Phi) is 4.69. The van der Waals surface area contributed by atoms with Crippen molar-refractivity contribution in [2.24, 2.45) is 0 Å². The Hall–Kier alpha value is -0.670. The van der Waals surface area contributed by atoms with E-state index in [0.29, 0.717) is 0 Å². The third-order valence-corrected chi connectivity index (χ3v) is 3.35. The zero-order valence-corrected chi connectivity index (χ0v) is 11.2. The van der Waals surface area contributed by atoms with Gasteiger partial charge in [-0.3, -0.25) is 0 Å². The molecule has 0 radical (unpaired) electrons. The van der Waals surface area contributed by atoms with E-state index in [1.165, 1.54) is 10.5 Å². The van der Waals surface area contributed by atoms with Gasteiger partial charge in [-0.2, -0.15) is 0 Å². The smallest absolute Gasteiger partial charge is 0.202 e. The number of hydrogen-bond acceptors (Lipinski definition) is 3. The maximum atomic E-state index is 9.58. The Balaban J connectivity index is 2.81. The molecule has 0 aromatic heterocycles. The summed E-state index contributed by atoms with van der Waals surface area (Å²) in [6.07, 6.45) is 1.15. The molecule has 0 unspecified atom stereocenters. The second kappa shape index (κ2) is 5.60. The van der Waals surface area contributed by atoms with E-state index in [1.807, 2.05) is 30.0 Å². The molecule has 0 atom stereocenters. The molecule has 0 amide bonds. The van der Waals surface area contributed by atoms with Gasteiger partial charge in [0.2, 0.25) is 5.79 Å². The summed E-state index contributed by atoms with van der Waals surface area (Å²) in [7, 11) is 0. The minimum atomic E-state index is -1.12. The van der Waals surface area contributed by atoms with Gasteiger partial charge in [-0.25, -0.2) is 0 Å². The van der Waals surface area contributed by atoms with E-state index in [9.17, 15) is 5.11 Å². The van der Waals surface area contributed by atoms with Gasteiger partial charge in [0.25, 0.3) is 0 Å². The number of hydrogen-bond donors (Lipinski definition) is 1. The first-order valence-corrected chi connectivity index (χ1v) is 6.56. The summed E-state index contributed by atoms with van der Waals surface area (Å²) >= 11 is 1.83. The van der Waals surface area contributed by atoms with Crippen LogP contribution in [0.25, 0.3) is 0 Å². The lowest BCUT2D eigenvalue weighted by Crippen LogP contribution is -2.26. The standard InChI is InChI=1S/C13H20O2S/c1-5-8-16-12-9-11(7-6-10(12)2)15-13(3,4)14/h6-7,9,14H,5,8H2,1-4H3. The third-order valence-electron chi connectivity index (χ3n) is 1.99. The van der Waals surface area contributed by atoms with Crippen LogP contribution in [0.4, 0.5) is 0 Å². The largest absolute Gasteiger partial charge is 0.463 e. The van der Waals surface area contributed by atoms with Gasteiger partial charge >= 0.3 is 0 Å². The normalized spacial score (nSPS) is 11.6. The Bertz CT molecular complexity index is 342. The van der Waals surface area contributed by atoms with Crippen LogP contribution < -0.4 is 4.74 Å². The highest BCUT2D eigenvalue weighted by atomic mass is 32.2. The minimum Gasteiger partial charge on any atom is -0.463 e. The molecular formula is C13H20O2S. The van der Waals surface area contributed by atoms with Crippen molar-refractivity contribution in [2.75, 3.05) is 5.75 Å². The first-order chi connectivity index (χ1) is 7.42. The molecule has 3 heteroatoms. The van der Waals surface area contributed by atoms with E-state index in [0.717, 1.165) is 17.9 Å². The van der Waals surface area contributed by atoms with Crippen molar-refractivity contribution in [1.82, 2.24) is 0 Å². The molecule has 0 bridgehead atoms. The van der Waals surface area contributed by atoms with E-state index in [4.69, 9.17) is 4.74 Å². The number of aryl methyl sites for hydroxylation is 1. The minimum absolute atomic E-state index is 0.719. The molecule has 0 heterocycles. The number of rotatable bonds is 5. The SMILES string of the molecule is CCCSc1cc(OC(C)(C)O)ccc1C. The summed E-state index contributed by atoms with van der Waals surface area (Å²) in [5.74, 6) is 0.700. The van der Waals surface area contributed by atoms with Crippen LogP contribution in [0.3, 0.4) is 0 Å². The van der Waals surface area contributed by atoms with Crippen molar-refractivity contribution in [2.45, 2.75) is 44.8 Å². The summed E-state index contributed by atoms with van der Waals surface area (Å²) in [4.78, 5) is 1.23. The lowest BCUT2D eigenvalue weighted by molar-refractivity contribution is -0.104. The van der Waals surface area contributed by atoms with Crippen molar-refractivity contribution in [1.29, 1.82) is 0 Å². The average Bonchev–Trinajstić information content (AvgIpc) is 2.17. The molecule has 1 aromatic carbocycles. The molecule has 90 valence electrons. The Labute approximate surface area is 102 Å². The van der Waals surface area contributed by atoms with Crippen LogP contribution in [0.1, 0.15) is 32.8 Å². The summed E-state index contributed by atoms with van der Waals surface area (Å²) in [5, 5.41) is 9.58. The molecule has 0 aliphatic heterocycles. The maximum Gasteiger partial charge on any atom is 0.202 e. The summed E-state index contributed by atoms with van der Waals surface area (Å²) in [5.41, 5.74) is 1.25. The number of thioether (sulfide) groups is 1. The van der Waals surface area contributed by atoms with Crippen molar-refractivity contribution in [3.05, 3.63) is 23.8 Å². The van der Waals surface area contributed by atoms with Gasteiger partial charge in [0.15, 0.2) is 0 Å². The van der Waals surface area contributed by atoms with E-state index < -0.39 is 5.79 Å². The summed E-state index contributed by atoms with van der Waals surface area (Å²) < 4.78 is 5.42. The number of ether oxygens (including phenoxy) is 1. The van der Waals surface area contributed by atoms with Crippen LogP contribution in [0.2, 0.25) is 0 Å². The first kappa shape index (κ1) is 13.4. The molecule has 0 fully saturated rings. The highest BCUT2D eigenvalue weighted by Gasteiger charge is 2.14. The first-order valence-electron chi connectivity index (χ1n) is 5.57. The van der Waals surface area contributed by atoms with E-state index in [-0.39, 0.29) is 0 Å². The molecule has 1 rings (SSSR count). The fourth-order valence-electron chi connectivity index (χ4n) is 1.30. The van der Waals surface area contributed by atoms with Gasteiger partial charge in [0.1, 0.15) is 5.75 Å². The lowest BCUT2D eigenvalue weighted by Gasteiger charge is -2.20. The van der Waals surface area contributed by atoms with Crippen molar-refractivity contribution in [3.8, 4) is 5.75 Å². The second-order valence-corrected chi connectivity index (χ2v) is 5.46. The van der Waals surface area contributed by atoms with Crippen molar-refractivity contribution in [3.63, 3.8) is 0 Å². The Morgan fingerprint density at radius 1 is 1.38 bits per heavy atom. The Morgan fingerprint density at radius 2 is 2.06 bits per heavy atom. The zero-order valence-electron chi connectivity index (χ0n) is 10.4. The van der Waals surface area contributed by atoms with Crippen LogP contribution in [-0.4, -0.2) is 16.6 Å². The quantitative estimate of drug-likeness (QED) is 0.630. The van der Waals surface area contributed by atoms with Crippen LogP contribution in [0, 0.1) is 6.92 Å². The van der Waals surface area contributed by atoms with Crippen LogP contribution in [-0.2, 0) is 0 Å². The highest BCUT2D eigenvalue weighted by Crippen LogP contribution is 2.28. The topological polar surface area (TPSA) is 29.5 Å². The van der Waals surface area contributed by atoms with Gasteiger partial charge in [0, 0.05) is 18.7 Å². The molecule has 0 aliphatic rings. The van der Waals surface area contributed by atoms with Gasteiger partial charge in [-0.05, 0) is 36.8 Å². The molecule has 0 saturated carbocycles. The summed E-state index contributed by atoms with van der Waals surface area (Å²) in [6.45, 7) is 7.52. The lowest BCUT2D eigenvalue weighted by atomic mass is 10.2. The molecule has 0 aliphatic carbocycles. The molecular weight excluding hydrogens is 220 g/mol. The fourth-order valence-corrected chi connectivity index (χ4v) is 2.22. The number of benzene rings is 1. The Morgan fingerprint density at radius 3 is 2.62 bits per heavy atom. The van der Waals surface area contributed by atoms with Gasteiger partial charge in [-0.1, -0.05) is 13.0 Å². The van der Waals surface area contributed by atoms with Gasteiger partial charge in [-0.15, -0.1) is 11.8 Å². The van der Waals surface area contributed by atoms with Crippen LogP contribution in [0.15, 0.2) is 23.1 Å². The molecule has 0 saturated heterocycles. The van der Waals surface area contributed by atoms with Gasteiger partial charge < -0.3 is 9.84 Å². The molecule has 2 nitrogen and oxygen atoms in total. The highest BCUT2D eigenvalue weighted by molar-refractivity contribution is 7.99. The van der Waals surface area contributed by atoms with E-state index in [1.54, 1.807) is 13.8 Å². The molecule has 1 N–H and O–H groups in total. The fraction of sp³-hybridized carbons (Fsp3) is 0.538. The molecule has 1 aromatic rings. The molecule has 0 spiro atoms. The van der Waals surface area contributed by atoms with E-state index >= 15 is 0 Å². The second-order valence-electron chi connectivity index (χ2n) is 4.32. The molecule has 16 heavy (non-hydrogen) atoms. The van der Waals surface area contributed by atoms with Gasteiger partial charge in [0.05, 0.1) is 0 Å². The van der Waals surface area contributed by atoms with E-state index in [2.05, 4.69) is 13.8 Å². The predicted octanol–water partition coefficient (Wildman–Crippen LogP) is 3.60. The summed E-state index contributed by atoms with van der Waals surface area (Å²) in [6, 6.07) is 5.91. The number of aliphatic hydroxyl groups is 1. The van der Waals surface area contributed by atoms with Crippen molar-refractivity contribution < 1.29 is 9.84 Å². The third kappa shape index (κ3) is 4.45. The van der Waals surface area contributed by atoms with Crippen molar-refractivity contribution >= 4 is 11.8 Å².